The summed E-state index contributed by atoms with van der Waals surface area (Å²) in [6, 6.07) is 25.4. The van der Waals surface area contributed by atoms with E-state index in [-0.39, 0.29) is 5.56 Å². The molecule has 0 fully saturated rings. The highest BCUT2D eigenvalue weighted by atomic mass is 79.9. The molecule has 5 nitrogen and oxygen atoms in total. The molecule has 0 spiro atoms. The first-order valence-corrected chi connectivity index (χ1v) is 12.0. The lowest BCUT2D eigenvalue weighted by Crippen LogP contribution is -2.10. The predicted molar refractivity (Wildman–Crippen MR) is 140 cm³/mol. The standard InChI is InChI=1S/C28H27BrN2O3/c1-3-15-30-22-11-13-26(24(17-22)28(32)33)31-19(2)9-12-25(31)23-16-21(29)10-14-27(23)34-18-20-7-5-4-6-8-20/h4-14,16-17,30H,3,15,18H2,1-2H3,(H,32,33). The summed E-state index contributed by atoms with van der Waals surface area (Å²) in [7, 11) is 0. The number of hydrogen-bond acceptors (Lipinski definition) is 3. The first-order chi connectivity index (χ1) is 16.5. The van der Waals surface area contributed by atoms with Crippen molar-refractivity contribution in [1.29, 1.82) is 0 Å². The molecule has 2 N–H and O–H groups in total. The van der Waals surface area contributed by atoms with E-state index < -0.39 is 5.97 Å². The number of rotatable bonds is 9. The maximum atomic E-state index is 12.2. The summed E-state index contributed by atoms with van der Waals surface area (Å²) in [6.07, 6.45) is 0.958. The summed E-state index contributed by atoms with van der Waals surface area (Å²) in [6.45, 7) is 5.27. The largest absolute Gasteiger partial charge is 0.488 e. The van der Waals surface area contributed by atoms with E-state index in [1.807, 2.05) is 84.3 Å². The van der Waals surface area contributed by atoms with Crippen LogP contribution >= 0.6 is 15.9 Å². The number of nitrogens with one attached hydrogen (secondary N) is 1. The van der Waals surface area contributed by atoms with Gasteiger partial charge in [0.25, 0.3) is 0 Å². The Balaban J connectivity index is 1.78. The molecule has 0 saturated heterocycles. The van der Waals surface area contributed by atoms with Gasteiger partial charge in [0.1, 0.15) is 12.4 Å². The third-order valence-electron chi connectivity index (χ3n) is 5.58. The fraction of sp³-hybridized carbons (Fsp3) is 0.179. The zero-order chi connectivity index (χ0) is 24.1. The number of halogens is 1. The third-order valence-corrected chi connectivity index (χ3v) is 6.07. The van der Waals surface area contributed by atoms with E-state index in [0.717, 1.165) is 51.4 Å². The van der Waals surface area contributed by atoms with Gasteiger partial charge < -0.3 is 19.7 Å². The van der Waals surface area contributed by atoms with Gasteiger partial charge in [-0.15, -0.1) is 0 Å². The molecule has 1 aromatic heterocycles. The van der Waals surface area contributed by atoms with E-state index in [9.17, 15) is 9.90 Å². The molecule has 0 aliphatic heterocycles. The highest BCUT2D eigenvalue weighted by molar-refractivity contribution is 9.10. The average molecular weight is 519 g/mol. The van der Waals surface area contributed by atoms with Crippen molar-refractivity contribution in [2.24, 2.45) is 0 Å². The third kappa shape index (κ3) is 5.18. The number of aromatic carboxylic acids is 1. The summed E-state index contributed by atoms with van der Waals surface area (Å²) < 4.78 is 9.10. The fourth-order valence-corrected chi connectivity index (χ4v) is 4.27. The van der Waals surface area contributed by atoms with Crippen LogP contribution in [-0.2, 0) is 6.61 Å². The SMILES string of the molecule is CCCNc1ccc(-n2c(C)ccc2-c2cc(Br)ccc2OCc2ccccc2)c(C(=O)O)c1. The van der Waals surface area contributed by atoms with Crippen molar-refractivity contribution < 1.29 is 14.6 Å². The van der Waals surface area contributed by atoms with Crippen LogP contribution in [0.3, 0.4) is 0 Å². The number of hydrogen-bond donors (Lipinski definition) is 2. The Hall–Kier alpha value is -3.51. The number of carbonyl (C=O) groups is 1. The fourth-order valence-electron chi connectivity index (χ4n) is 3.91. The van der Waals surface area contributed by atoms with Crippen molar-refractivity contribution in [2.45, 2.75) is 26.9 Å². The van der Waals surface area contributed by atoms with Crippen molar-refractivity contribution in [2.75, 3.05) is 11.9 Å². The minimum Gasteiger partial charge on any atom is -0.488 e. The molecule has 0 amide bonds. The summed E-state index contributed by atoms with van der Waals surface area (Å²) >= 11 is 3.58. The molecule has 6 heteroatoms. The molecular formula is C28H27BrN2O3. The van der Waals surface area contributed by atoms with Gasteiger partial charge in [-0.2, -0.15) is 0 Å². The van der Waals surface area contributed by atoms with Gasteiger partial charge in [0.15, 0.2) is 0 Å². The van der Waals surface area contributed by atoms with Crippen molar-refractivity contribution in [1.82, 2.24) is 4.57 Å². The zero-order valence-corrected chi connectivity index (χ0v) is 20.8. The van der Waals surface area contributed by atoms with Gasteiger partial charge in [0.2, 0.25) is 0 Å². The van der Waals surface area contributed by atoms with Crippen LogP contribution in [0.5, 0.6) is 5.75 Å². The molecule has 0 bridgehead atoms. The van der Waals surface area contributed by atoms with Gasteiger partial charge >= 0.3 is 5.97 Å². The number of ether oxygens (including phenoxy) is 1. The predicted octanol–water partition coefficient (Wildman–Crippen LogP) is 7.31. The van der Waals surface area contributed by atoms with E-state index in [0.29, 0.717) is 12.3 Å². The van der Waals surface area contributed by atoms with Crippen LogP contribution in [0, 0.1) is 6.92 Å². The molecule has 0 aliphatic rings. The van der Waals surface area contributed by atoms with E-state index in [2.05, 4.69) is 28.2 Å². The Kier molecular flexibility index (Phi) is 7.38. The number of carboxylic acid groups (broad SMARTS) is 1. The van der Waals surface area contributed by atoms with Crippen molar-refractivity contribution in [3.8, 4) is 22.7 Å². The van der Waals surface area contributed by atoms with Gasteiger partial charge in [-0.25, -0.2) is 4.79 Å². The number of aryl methyl sites for hydroxylation is 1. The average Bonchev–Trinajstić information content (AvgIpc) is 3.23. The highest BCUT2D eigenvalue weighted by Crippen LogP contribution is 2.37. The highest BCUT2D eigenvalue weighted by Gasteiger charge is 2.19. The van der Waals surface area contributed by atoms with Gasteiger partial charge in [-0.1, -0.05) is 53.2 Å². The van der Waals surface area contributed by atoms with Gasteiger partial charge in [0.05, 0.1) is 16.9 Å². The normalized spacial score (nSPS) is 10.8. The van der Waals surface area contributed by atoms with E-state index >= 15 is 0 Å². The van der Waals surface area contributed by atoms with E-state index in [4.69, 9.17) is 4.74 Å². The van der Waals surface area contributed by atoms with Gasteiger partial charge in [-0.3, -0.25) is 0 Å². The van der Waals surface area contributed by atoms with Crippen LogP contribution in [0.15, 0.2) is 83.3 Å². The number of nitrogens with zero attached hydrogens (tertiary/aromatic N) is 1. The number of aromatic nitrogens is 1. The first-order valence-electron chi connectivity index (χ1n) is 11.2. The molecule has 34 heavy (non-hydrogen) atoms. The Labute approximate surface area is 208 Å². The van der Waals surface area contributed by atoms with Crippen molar-refractivity contribution >= 4 is 27.6 Å². The molecule has 4 aromatic rings. The van der Waals surface area contributed by atoms with Crippen LogP contribution in [0.1, 0.15) is 35.0 Å². The number of anilines is 1. The zero-order valence-electron chi connectivity index (χ0n) is 19.2. The summed E-state index contributed by atoms with van der Waals surface area (Å²) in [5, 5.41) is 13.3. The number of benzene rings is 3. The summed E-state index contributed by atoms with van der Waals surface area (Å²) in [5.41, 5.74) is 5.39. The molecule has 174 valence electrons. The Morgan fingerprint density at radius 2 is 1.82 bits per heavy atom. The summed E-state index contributed by atoms with van der Waals surface area (Å²) in [4.78, 5) is 12.2. The Morgan fingerprint density at radius 3 is 2.56 bits per heavy atom. The van der Waals surface area contributed by atoms with Crippen molar-refractivity contribution in [3.63, 3.8) is 0 Å². The molecule has 0 unspecified atom stereocenters. The second-order valence-corrected chi connectivity index (χ2v) is 8.99. The topological polar surface area (TPSA) is 63.5 Å². The second-order valence-electron chi connectivity index (χ2n) is 8.07. The van der Waals surface area contributed by atoms with E-state index in [1.54, 1.807) is 6.07 Å². The summed E-state index contributed by atoms with van der Waals surface area (Å²) in [5.74, 6) is -0.242. The van der Waals surface area contributed by atoms with Gasteiger partial charge in [-0.05, 0) is 67.4 Å². The molecule has 0 saturated carbocycles. The maximum Gasteiger partial charge on any atom is 0.337 e. The molecule has 1 heterocycles. The number of carboxylic acids is 1. The lowest BCUT2D eigenvalue weighted by atomic mass is 10.1. The second kappa shape index (κ2) is 10.6. The first kappa shape index (κ1) is 23.6. The van der Waals surface area contributed by atoms with E-state index in [1.165, 1.54) is 0 Å². The van der Waals surface area contributed by atoms with Crippen LogP contribution in [-0.4, -0.2) is 22.2 Å². The molecule has 0 radical (unpaired) electrons. The maximum absolute atomic E-state index is 12.2. The lowest BCUT2D eigenvalue weighted by Gasteiger charge is -2.18. The lowest BCUT2D eigenvalue weighted by molar-refractivity contribution is 0.0697. The smallest absolute Gasteiger partial charge is 0.337 e. The minimum atomic E-state index is -0.969. The van der Waals surface area contributed by atoms with Crippen LogP contribution in [0.2, 0.25) is 0 Å². The monoisotopic (exact) mass is 518 g/mol. The van der Waals surface area contributed by atoms with Crippen LogP contribution in [0.4, 0.5) is 5.69 Å². The molecule has 3 aromatic carbocycles. The Bertz CT molecular complexity index is 1300. The van der Waals surface area contributed by atoms with Gasteiger partial charge in [0, 0.05) is 28.0 Å². The van der Waals surface area contributed by atoms with Crippen LogP contribution in [0.25, 0.3) is 16.9 Å². The Morgan fingerprint density at radius 1 is 1.03 bits per heavy atom. The molecular weight excluding hydrogens is 492 g/mol. The molecule has 0 aliphatic carbocycles. The molecule has 0 atom stereocenters. The van der Waals surface area contributed by atoms with Crippen molar-refractivity contribution in [3.05, 3.63) is 100 Å². The molecule has 4 rings (SSSR count). The minimum absolute atomic E-state index is 0.239. The van der Waals surface area contributed by atoms with Crippen LogP contribution < -0.4 is 10.1 Å². The quantitative estimate of drug-likeness (QED) is 0.243.